The van der Waals surface area contributed by atoms with Gasteiger partial charge in [0.2, 0.25) is 0 Å². The number of aliphatic imine (C=N–C) groups is 1. The van der Waals surface area contributed by atoms with Crippen molar-refractivity contribution in [2.45, 2.75) is 18.2 Å². The van der Waals surface area contributed by atoms with Crippen LogP contribution in [0.4, 0.5) is 0 Å². The SMILES string of the molecule is CC1N=C(c2ccc(Cl)cc2)SC1CCl. The van der Waals surface area contributed by atoms with E-state index >= 15 is 0 Å². The molecule has 1 heterocycles. The number of rotatable bonds is 2. The quantitative estimate of drug-likeness (QED) is 0.736. The summed E-state index contributed by atoms with van der Waals surface area (Å²) >= 11 is 13.5. The fourth-order valence-electron chi connectivity index (χ4n) is 1.44. The van der Waals surface area contributed by atoms with Crippen molar-refractivity contribution in [1.82, 2.24) is 0 Å². The molecule has 2 unspecified atom stereocenters. The number of benzene rings is 1. The number of alkyl halides is 1. The van der Waals surface area contributed by atoms with Crippen LogP contribution in [0, 0.1) is 0 Å². The van der Waals surface area contributed by atoms with Crippen LogP contribution in [0.5, 0.6) is 0 Å². The van der Waals surface area contributed by atoms with E-state index in [9.17, 15) is 0 Å². The van der Waals surface area contributed by atoms with Gasteiger partial charge in [0.05, 0.1) is 11.1 Å². The van der Waals surface area contributed by atoms with Crippen molar-refractivity contribution in [3.8, 4) is 0 Å². The Balaban J connectivity index is 2.19. The molecule has 1 aliphatic rings. The van der Waals surface area contributed by atoms with Crippen molar-refractivity contribution in [3.05, 3.63) is 34.9 Å². The molecular formula is C11H11Cl2NS. The van der Waals surface area contributed by atoms with Crippen LogP contribution in [-0.2, 0) is 0 Å². The van der Waals surface area contributed by atoms with E-state index in [-0.39, 0.29) is 0 Å². The van der Waals surface area contributed by atoms with Crippen LogP contribution < -0.4 is 0 Å². The first-order valence-electron chi connectivity index (χ1n) is 4.77. The van der Waals surface area contributed by atoms with Crippen LogP contribution >= 0.6 is 35.0 Å². The van der Waals surface area contributed by atoms with E-state index in [1.807, 2.05) is 24.3 Å². The Labute approximate surface area is 104 Å². The maximum absolute atomic E-state index is 5.87. The number of hydrogen-bond acceptors (Lipinski definition) is 2. The first-order chi connectivity index (χ1) is 7.20. The predicted octanol–water partition coefficient (Wildman–Crippen LogP) is 3.83. The molecule has 1 aromatic carbocycles. The average molecular weight is 260 g/mol. The minimum atomic E-state index is 0.304. The van der Waals surface area contributed by atoms with Crippen molar-refractivity contribution in [3.63, 3.8) is 0 Å². The van der Waals surface area contributed by atoms with E-state index in [2.05, 4.69) is 11.9 Å². The third kappa shape index (κ3) is 2.49. The zero-order valence-corrected chi connectivity index (χ0v) is 10.6. The third-order valence-corrected chi connectivity index (χ3v) is 4.56. The molecule has 1 aliphatic heterocycles. The van der Waals surface area contributed by atoms with Crippen molar-refractivity contribution in [2.24, 2.45) is 4.99 Å². The lowest BCUT2D eigenvalue weighted by Crippen LogP contribution is -2.14. The Kier molecular flexibility index (Phi) is 3.60. The van der Waals surface area contributed by atoms with Crippen LogP contribution in [0.1, 0.15) is 12.5 Å². The molecule has 2 atom stereocenters. The molecule has 0 spiro atoms. The summed E-state index contributed by atoms with van der Waals surface area (Å²) in [4.78, 5) is 4.59. The summed E-state index contributed by atoms with van der Waals surface area (Å²) in [5.74, 6) is 0.645. The number of thioether (sulfide) groups is 1. The van der Waals surface area contributed by atoms with Crippen LogP contribution in [0.2, 0.25) is 5.02 Å². The highest BCUT2D eigenvalue weighted by Crippen LogP contribution is 2.31. The largest absolute Gasteiger partial charge is 0.274 e. The molecule has 1 nitrogen and oxygen atoms in total. The monoisotopic (exact) mass is 259 g/mol. The molecule has 0 saturated carbocycles. The van der Waals surface area contributed by atoms with Gasteiger partial charge in [-0.1, -0.05) is 35.5 Å². The molecule has 0 bridgehead atoms. The Morgan fingerprint density at radius 3 is 2.53 bits per heavy atom. The summed E-state index contributed by atoms with van der Waals surface area (Å²) in [5.41, 5.74) is 1.13. The number of hydrogen-bond donors (Lipinski definition) is 0. The summed E-state index contributed by atoms with van der Waals surface area (Å²) in [6, 6.07) is 8.07. The molecule has 0 radical (unpaired) electrons. The second-order valence-corrected chi connectivity index (χ2v) is 5.47. The number of halogens is 2. The van der Waals surface area contributed by atoms with Crippen LogP contribution in [0.25, 0.3) is 0 Å². The van der Waals surface area contributed by atoms with Gasteiger partial charge < -0.3 is 0 Å². The highest BCUT2D eigenvalue weighted by Gasteiger charge is 2.26. The summed E-state index contributed by atoms with van der Waals surface area (Å²) < 4.78 is 0. The van der Waals surface area contributed by atoms with Gasteiger partial charge in [-0.05, 0) is 19.1 Å². The molecular weight excluding hydrogens is 249 g/mol. The van der Waals surface area contributed by atoms with Gasteiger partial charge >= 0.3 is 0 Å². The molecule has 0 aliphatic carbocycles. The van der Waals surface area contributed by atoms with E-state index in [4.69, 9.17) is 23.2 Å². The second-order valence-electron chi connectivity index (χ2n) is 3.49. The molecule has 80 valence electrons. The average Bonchev–Trinajstić information content (AvgIpc) is 2.61. The molecule has 2 rings (SSSR count). The molecule has 0 amide bonds. The van der Waals surface area contributed by atoms with E-state index in [1.54, 1.807) is 11.8 Å². The fraction of sp³-hybridized carbons (Fsp3) is 0.364. The van der Waals surface area contributed by atoms with E-state index in [0.717, 1.165) is 15.6 Å². The standard InChI is InChI=1S/C11H11Cl2NS/c1-7-10(6-12)15-11(14-7)8-2-4-9(13)5-3-8/h2-5,7,10H,6H2,1H3. The van der Waals surface area contributed by atoms with Crippen LogP contribution in [-0.4, -0.2) is 22.2 Å². The van der Waals surface area contributed by atoms with Gasteiger partial charge in [-0.15, -0.1) is 11.6 Å². The molecule has 0 fully saturated rings. The molecule has 0 aromatic heterocycles. The fourth-order valence-corrected chi connectivity index (χ4v) is 3.12. The van der Waals surface area contributed by atoms with Gasteiger partial charge in [0.15, 0.2) is 0 Å². The summed E-state index contributed by atoms with van der Waals surface area (Å²) in [5, 5.41) is 2.23. The smallest absolute Gasteiger partial charge is 0.0984 e. The minimum absolute atomic E-state index is 0.304. The Morgan fingerprint density at radius 1 is 1.33 bits per heavy atom. The minimum Gasteiger partial charge on any atom is -0.274 e. The first kappa shape index (κ1) is 11.3. The maximum Gasteiger partial charge on any atom is 0.0984 e. The van der Waals surface area contributed by atoms with Crippen molar-refractivity contribution in [1.29, 1.82) is 0 Å². The van der Waals surface area contributed by atoms with E-state index < -0.39 is 0 Å². The zero-order valence-electron chi connectivity index (χ0n) is 8.28. The van der Waals surface area contributed by atoms with Gasteiger partial charge in [-0.2, -0.15) is 0 Å². The number of nitrogens with zero attached hydrogens (tertiary/aromatic N) is 1. The molecule has 0 saturated heterocycles. The highest BCUT2D eigenvalue weighted by atomic mass is 35.5. The first-order valence-corrected chi connectivity index (χ1v) is 6.56. The van der Waals surface area contributed by atoms with Crippen LogP contribution in [0.3, 0.4) is 0 Å². The lowest BCUT2D eigenvalue weighted by Gasteiger charge is -2.07. The molecule has 0 N–H and O–H groups in total. The third-order valence-electron chi connectivity index (χ3n) is 2.37. The summed E-state index contributed by atoms with van der Waals surface area (Å²) in [7, 11) is 0. The van der Waals surface area contributed by atoms with Gasteiger partial charge in [0.1, 0.15) is 0 Å². The Morgan fingerprint density at radius 2 is 2.00 bits per heavy atom. The van der Waals surface area contributed by atoms with E-state index in [0.29, 0.717) is 17.2 Å². The molecule has 15 heavy (non-hydrogen) atoms. The van der Waals surface area contributed by atoms with Gasteiger partial charge in [0, 0.05) is 21.7 Å². The normalized spacial score (nSPS) is 25.4. The van der Waals surface area contributed by atoms with Crippen molar-refractivity contribution < 1.29 is 0 Å². The van der Waals surface area contributed by atoms with Crippen LogP contribution in [0.15, 0.2) is 29.3 Å². The zero-order chi connectivity index (χ0) is 10.8. The van der Waals surface area contributed by atoms with Crippen molar-refractivity contribution in [2.75, 3.05) is 5.88 Å². The molecule has 4 heteroatoms. The highest BCUT2D eigenvalue weighted by molar-refractivity contribution is 8.15. The Hall–Kier alpha value is -0.180. The van der Waals surface area contributed by atoms with Crippen molar-refractivity contribution >= 4 is 40.0 Å². The maximum atomic E-state index is 5.87. The second kappa shape index (κ2) is 4.77. The predicted molar refractivity (Wildman–Crippen MR) is 69.6 cm³/mol. The van der Waals surface area contributed by atoms with Gasteiger partial charge in [-0.25, -0.2) is 0 Å². The lowest BCUT2D eigenvalue weighted by atomic mass is 10.2. The topological polar surface area (TPSA) is 12.4 Å². The van der Waals surface area contributed by atoms with Gasteiger partial charge in [0.25, 0.3) is 0 Å². The van der Waals surface area contributed by atoms with E-state index in [1.165, 1.54) is 0 Å². The summed E-state index contributed by atoms with van der Waals surface area (Å²) in [6.07, 6.45) is 0. The lowest BCUT2D eigenvalue weighted by molar-refractivity contribution is 0.753. The summed E-state index contributed by atoms with van der Waals surface area (Å²) in [6.45, 7) is 2.10. The molecule has 1 aromatic rings. The van der Waals surface area contributed by atoms with Gasteiger partial charge in [-0.3, -0.25) is 4.99 Å². The Bertz CT molecular complexity index is 375.